The van der Waals surface area contributed by atoms with Gasteiger partial charge in [-0.15, -0.1) is 0 Å². The number of aromatic nitrogens is 2. The van der Waals surface area contributed by atoms with E-state index in [1.165, 1.54) is 0 Å². The van der Waals surface area contributed by atoms with Crippen molar-refractivity contribution in [2.45, 2.75) is 13.8 Å². The van der Waals surface area contributed by atoms with Gasteiger partial charge in [0.2, 0.25) is 0 Å². The van der Waals surface area contributed by atoms with E-state index < -0.39 is 0 Å². The van der Waals surface area contributed by atoms with Gasteiger partial charge in [-0.2, -0.15) is 0 Å². The molecular formula is C6H8N3-. The summed E-state index contributed by atoms with van der Waals surface area (Å²) < 4.78 is 0. The molecule has 0 fully saturated rings. The number of nitrogens with zero attached hydrogens (tertiary/aromatic N) is 2. The second-order valence-electron chi connectivity index (χ2n) is 1.96. The van der Waals surface area contributed by atoms with Gasteiger partial charge >= 0.3 is 0 Å². The summed E-state index contributed by atoms with van der Waals surface area (Å²) in [7, 11) is 0. The molecule has 48 valence electrons. The van der Waals surface area contributed by atoms with Gasteiger partial charge in [0.05, 0.1) is 0 Å². The minimum Gasteiger partial charge on any atom is -0.410 e. The average Bonchev–Trinajstić information content (AvgIpc) is 1.80. The molecule has 3 heteroatoms. The van der Waals surface area contributed by atoms with Crippen LogP contribution in [0.5, 0.6) is 0 Å². The summed E-state index contributed by atoms with van der Waals surface area (Å²) in [6.07, 6.45) is 1.66. The Bertz CT molecular complexity index is 220. The molecule has 0 aromatic carbocycles. The first-order chi connectivity index (χ1) is 4.20. The largest absolute Gasteiger partial charge is 0.410 e. The quantitative estimate of drug-likeness (QED) is 0.526. The Morgan fingerprint density at radius 1 is 1.44 bits per heavy atom. The summed E-state index contributed by atoms with van der Waals surface area (Å²) in [4.78, 5) is 7.52. The lowest BCUT2D eigenvalue weighted by molar-refractivity contribution is 1.09. The molecule has 3 nitrogen and oxygen atoms in total. The summed E-state index contributed by atoms with van der Waals surface area (Å²) in [5.41, 5.74) is 8.93. The van der Waals surface area contributed by atoms with Gasteiger partial charge in [0.25, 0.3) is 0 Å². The minimum absolute atomic E-state index is 0.0955. The third kappa shape index (κ3) is 1.16. The van der Waals surface area contributed by atoms with Crippen LogP contribution in [0.25, 0.3) is 5.73 Å². The van der Waals surface area contributed by atoms with Crippen LogP contribution in [0.3, 0.4) is 0 Å². The summed E-state index contributed by atoms with van der Waals surface area (Å²) in [6, 6.07) is 0. The number of nitrogens with one attached hydrogen (secondary N) is 1. The van der Waals surface area contributed by atoms with Crippen molar-refractivity contribution in [1.29, 1.82) is 0 Å². The smallest absolute Gasteiger partial charge is 0.0202 e. The Hall–Kier alpha value is -1.12. The lowest BCUT2D eigenvalue weighted by atomic mass is 10.3. The monoisotopic (exact) mass is 122 g/mol. The zero-order valence-electron chi connectivity index (χ0n) is 5.47. The molecule has 0 aliphatic carbocycles. The lowest BCUT2D eigenvalue weighted by Gasteiger charge is -2.05. The molecule has 0 bridgehead atoms. The van der Waals surface area contributed by atoms with Crippen LogP contribution in [-0.2, 0) is 0 Å². The molecule has 0 saturated heterocycles. The van der Waals surface area contributed by atoms with E-state index in [9.17, 15) is 0 Å². The predicted molar refractivity (Wildman–Crippen MR) is 35.5 cm³/mol. The first kappa shape index (κ1) is 6.01. The molecule has 0 amide bonds. The maximum atomic E-state index is 7.01. The number of hydrogen-bond acceptors (Lipinski definition) is 2. The SMILES string of the molecule is Cc1cnc([NH-])nc1C. The summed E-state index contributed by atoms with van der Waals surface area (Å²) in [6.45, 7) is 3.80. The average molecular weight is 122 g/mol. The van der Waals surface area contributed by atoms with Crippen LogP contribution in [0.4, 0.5) is 5.95 Å². The van der Waals surface area contributed by atoms with Gasteiger partial charge in [-0.05, 0) is 31.3 Å². The van der Waals surface area contributed by atoms with Gasteiger partial charge < -0.3 is 15.7 Å². The number of rotatable bonds is 0. The second kappa shape index (κ2) is 2.01. The molecule has 1 heterocycles. The normalized spacial score (nSPS) is 9.56. The molecule has 0 unspecified atom stereocenters. The maximum absolute atomic E-state index is 7.01. The van der Waals surface area contributed by atoms with Crippen LogP contribution in [0.1, 0.15) is 11.3 Å². The zero-order valence-corrected chi connectivity index (χ0v) is 5.47. The molecule has 9 heavy (non-hydrogen) atoms. The van der Waals surface area contributed by atoms with E-state index in [4.69, 9.17) is 5.73 Å². The summed E-state index contributed by atoms with van der Waals surface area (Å²) in [5, 5.41) is 0. The van der Waals surface area contributed by atoms with E-state index in [0.29, 0.717) is 0 Å². The first-order valence-corrected chi connectivity index (χ1v) is 2.72. The highest BCUT2D eigenvalue weighted by atomic mass is 15.0. The van der Waals surface area contributed by atoms with Crippen LogP contribution in [0, 0.1) is 13.8 Å². The van der Waals surface area contributed by atoms with E-state index in [2.05, 4.69) is 9.97 Å². The first-order valence-electron chi connectivity index (χ1n) is 2.72. The van der Waals surface area contributed by atoms with Crippen molar-refractivity contribution in [3.05, 3.63) is 23.2 Å². The Morgan fingerprint density at radius 3 is 2.56 bits per heavy atom. The fourth-order valence-corrected chi connectivity index (χ4v) is 0.527. The van der Waals surface area contributed by atoms with Gasteiger partial charge in [0.15, 0.2) is 0 Å². The summed E-state index contributed by atoms with van der Waals surface area (Å²) >= 11 is 0. The molecule has 0 atom stereocenters. The Balaban J connectivity index is 3.17. The molecule has 0 saturated carbocycles. The van der Waals surface area contributed by atoms with Crippen LogP contribution >= 0.6 is 0 Å². The molecule has 0 spiro atoms. The topological polar surface area (TPSA) is 49.6 Å². The van der Waals surface area contributed by atoms with Crippen molar-refractivity contribution < 1.29 is 0 Å². The molecule has 1 aromatic heterocycles. The Labute approximate surface area is 53.9 Å². The van der Waals surface area contributed by atoms with E-state index in [-0.39, 0.29) is 5.95 Å². The molecule has 0 aliphatic rings. The number of hydrogen-bond donors (Lipinski definition) is 0. The molecule has 0 radical (unpaired) electrons. The number of aryl methyl sites for hydroxylation is 2. The van der Waals surface area contributed by atoms with Gasteiger partial charge in [0, 0.05) is 5.95 Å². The van der Waals surface area contributed by atoms with Crippen molar-refractivity contribution in [2.24, 2.45) is 0 Å². The van der Waals surface area contributed by atoms with Gasteiger partial charge in [-0.1, -0.05) is 0 Å². The van der Waals surface area contributed by atoms with E-state index in [0.717, 1.165) is 11.3 Å². The molecule has 1 N–H and O–H groups in total. The second-order valence-corrected chi connectivity index (χ2v) is 1.96. The van der Waals surface area contributed by atoms with Crippen molar-refractivity contribution in [1.82, 2.24) is 9.97 Å². The highest BCUT2D eigenvalue weighted by molar-refractivity contribution is 5.26. The minimum atomic E-state index is 0.0955. The van der Waals surface area contributed by atoms with Crippen molar-refractivity contribution >= 4 is 5.95 Å². The third-order valence-electron chi connectivity index (χ3n) is 1.22. The fraction of sp³-hybridized carbons (Fsp3) is 0.333. The molecule has 1 aromatic rings. The van der Waals surface area contributed by atoms with E-state index in [1.54, 1.807) is 6.20 Å². The standard InChI is InChI=1S/C6H8N3/c1-4-3-8-6(7)9-5(4)2/h3H,1-2H3,(H-,7,8,9)/q-1. The van der Waals surface area contributed by atoms with Gasteiger partial charge in [0.1, 0.15) is 0 Å². The predicted octanol–water partition coefficient (Wildman–Crippen LogP) is 1.78. The summed E-state index contributed by atoms with van der Waals surface area (Å²) in [5.74, 6) is 0.0955. The van der Waals surface area contributed by atoms with Crippen LogP contribution in [-0.4, -0.2) is 9.97 Å². The van der Waals surface area contributed by atoms with E-state index in [1.807, 2.05) is 13.8 Å². The Morgan fingerprint density at radius 2 is 2.11 bits per heavy atom. The van der Waals surface area contributed by atoms with E-state index >= 15 is 0 Å². The van der Waals surface area contributed by atoms with Crippen LogP contribution in [0.2, 0.25) is 0 Å². The van der Waals surface area contributed by atoms with Gasteiger partial charge in [-0.3, -0.25) is 0 Å². The third-order valence-corrected chi connectivity index (χ3v) is 1.22. The fourth-order valence-electron chi connectivity index (χ4n) is 0.527. The van der Waals surface area contributed by atoms with Crippen molar-refractivity contribution in [3.8, 4) is 0 Å². The highest BCUT2D eigenvalue weighted by Crippen LogP contribution is 2.05. The zero-order chi connectivity index (χ0) is 6.85. The lowest BCUT2D eigenvalue weighted by Crippen LogP contribution is -1.86. The van der Waals surface area contributed by atoms with Crippen LogP contribution in [0.15, 0.2) is 6.20 Å². The molecular weight excluding hydrogens is 114 g/mol. The molecule has 0 aliphatic heterocycles. The van der Waals surface area contributed by atoms with Crippen molar-refractivity contribution in [3.63, 3.8) is 0 Å². The molecule has 1 rings (SSSR count). The highest BCUT2D eigenvalue weighted by Gasteiger charge is 1.84. The maximum Gasteiger partial charge on any atom is 0.0202 e. The Kier molecular flexibility index (Phi) is 1.34. The van der Waals surface area contributed by atoms with Crippen LogP contribution < -0.4 is 0 Å². The van der Waals surface area contributed by atoms with Crippen molar-refractivity contribution in [2.75, 3.05) is 0 Å². The van der Waals surface area contributed by atoms with Gasteiger partial charge in [-0.25, -0.2) is 0 Å².